The van der Waals surface area contributed by atoms with E-state index >= 15 is 0 Å². The third-order valence-corrected chi connectivity index (χ3v) is 4.12. The van der Waals surface area contributed by atoms with Crippen molar-refractivity contribution in [2.75, 3.05) is 32.9 Å². The van der Waals surface area contributed by atoms with E-state index in [9.17, 15) is 0 Å². The van der Waals surface area contributed by atoms with Crippen LogP contribution < -0.4 is 11.1 Å². The van der Waals surface area contributed by atoms with Gasteiger partial charge in [0.15, 0.2) is 0 Å². The van der Waals surface area contributed by atoms with Crippen molar-refractivity contribution in [3.05, 3.63) is 0 Å². The van der Waals surface area contributed by atoms with E-state index in [2.05, 4.69) is 12.2 Å². The summed E-state index contributed by atoms with van der Waals surface area (Å²) in [6.07, 6.45) is 4.70. The minimum Gasteiger partial charge on any atom is -0.381 e. The van der Waals surface area contributed by atoms with Gasteiger partial charge in [0, 0.05) is 38.4 Å². The molecule has 100 valence electrons. The molecule has 2 saturated heterocycles. The van der Waals surface area contributed by atoms with Crippen LogP contribution in [-0.2, 0) is 9.47 Å². The van der Waals surface area contributed by atoms with E-state index in [1.54, 1.807) is 0 Å². The third-order valence-electron chi connectivity index (χ3n) is 4.12. The molecular weight excluding hydrogens is 216 g/mol. The van der Waals surface area contributed by atoms with Gasteiger partial charge in [0.1, 0.15) is 0 Å². The highest BCUT2D eigenvalue weighted by molar-refractivity contribution is 4.89. The minimum atomic E-state index is -0.0561. The number of hydrogen-bond donors (Lipinski definition) is 2. The fraction of sp³-hybridized carbons (Fsp3) is 1.00. The fourth-order valence-corrected chi connectivity index (χ4v) is 2.84. The smallest absolute Gasteiger partial charge is 0.0613 e. The fourth-order valence-electron chi connectivity index (χ4n) is 2.84. The van der Waals surface area contributed by atoms with E-state index in [1.807, 2.05) is 0 Å². The van der Waals surface area contributed by atoms with Crippen molar-refractivity contribution < 1.29 is 9.47 Å². The molecule has 0 aliphatic carbocycles. The Kier molecular flexibility index (Phi) is 4.79. The van der Waals surface area contributed by atoms with Gasteiger partial charge in [-0.3, -0.25) is 0 Å². The van der Waals surface area contributed by atoms with E-state index in [4.69, 9.17) is 15.2 Å². The Morgan fingerprint density at radius 1 is 1.29 bits per heavy atom. The SMILES string of the molecule is CCC1OCCC1CNCC1(N)CCOCC1. The van der Waals surface area contributed by atoms with Crippen LogP contribution >= 0.6 is 0 Å². The van der Waals surface area contributed by atoms with Gasteiger partial charge in [-0.25, -0.2) is 0 Å². The van der Waals surface area contributed by atoms with Crippen LogP contribution in [0.4, 0.5) is 0 Å². The quantitative estimate of drug-likeness (QED) is 0.752. The molecule has 4 heteroatoms. The molecule has 0 amide bonds. The monoisotopic (exact) mass is 242 g/mol. The summed E-state index contributed by atoms with van der Waals surface area (Å²) in [5, 5.41) is 3.54. The molecule has 3 N–H and O–H groups in total. The topological polar surface area (TPSA) is 56.5 Å². The lowest BCUT2D eigenvalue weighted by molar-refractivity contribution is 0.0516. The molecule has 17 heavy (non-hydrogen) atoms. The highest BCUT2D eigenvalue weighted by Gasteiger charge is 2.30. The van der Waals surface area contributed by atoms with Gasteiger partial charge in [-0.2, -0.15) is 0 Å². The van der Waals surface area contributed by atoms with Gasteiger partial charge in [-0.05, 0) is 31.6 Å². The molecule has 2 unspecified atom stereocenters. The molecule has 0 radical (unpaired) electrons. The summed E-state index contributed by atoms with van der Waals surface area (Å²) in [6, 6.07) is 0. The number of nitrogens with two attached hydrogens (primary N) is 1. The normalized spacial score (nSPS) is 32.8. The summed E-state index contributed by atoms with van der Waals surface area (Å²) in [5.41, 5.74) is 6.28. The van der Waals surface area contributed by atoms with Crippen LogP contribution in [0.5, 0.6) is 0 Å². The largest absolute Gasteiger partial charge is 0.381 e. The lowest BCUT2D eigenvalue weighted by atomic mass is 9.91. The predicted molar refractivity (Wildman–Crippen MR) is 68.0 cm³/mol. The molecule has 0 spiro atoms. The molecule has 2 heterocycles. The average Bonchev–Trinajstić information content (AvgIpc) is 2.77. The average molecular weight is 242 g/mol. The van der Waals surface area contributed by atoms with E-state index < -0.39 is 0 Å². The maximum atomic E-state index is 6.34. The second-order valence-corrected chi connectivity index (χ2v) is 5.47. The van der Waals surface area contributed by atoms with Gasteiger partial charge in [0.05, 0.1) is 6.10 Å². The molecule has 4 nitrogen and oxygen atoms in total. The highest BCUT2D eigenvalue weighted by Crippen LogP contribution is 2.23. The second-order valence-electron chi connectivity index (χ2n) is 5.47. The zero-order valence-corrected chi connectivity index (χ0v) is 10.9. The van der Waals surface area contributed by atoms with Crippen LogP contribution in [0.2, 0.25) is 0 Å². The standard InChI is InChI=1S/C13H26N2O2/c1-2-12-11(3-6-17-12)9-15-10-13(14)4-7-16-8-5-13/h11-12,15H,2-10,14H2,1H3. The Balaban J connectivity index is 1.68. The van der Waals surface area contributed by atoms with Gasteiger partial charge in [-0.1, -0.05) is 6.92 Å². The van der Waals surface area contributed by atoms with Crippen molar-refractivity contribution in [2.24, 2.45) is 11.7 Å². The van der Waals surface area contributed by atoms with Gasteiger partial charge < -0.3 is 20.5 Å². The molecule has 0 bridgehead atoms. The molecule has 0 saturated carbocycles. The van der Waals surface area contributed by atoms with Gasteiger partial charge >= 0.3 is 0 Å². The molecule has 0 aromatic carbocycles. The number of ether oxygens (including phenoxy) is 2. The Bertz CT molecular complexity index is 229. The first-order valence-corrected chi connectivity index (χ1v) is 6.92. The minimum absolute atomic E-state index is 0.0561. The second kappa shape index (κ2) is 6.14. The zero-order valence-electron chi connectivity index (χ0n) is 10.9. The summed E-state index contributed by atoms with van der Waals surface area (Å²) in [7, 11) is 0. The predicted octanol–water partition coefficient (Wildman–Crippen LogP) is 0.899. The van der Waals surface area contributed by atoms with Gasteiger partial charge in [-0.15, -0.1) is 0 Å². The molecule has 0 aromatic heterocycles. The summed E-state index contributed by atoms with van der Waals surface area (Å²) in [5.74, 6) is 0.670. The number of rotatable bonds is 5. The van der Waals surface area contributed by atoms with Crippen LogP contribution in [0.1, 0.15) is 32.6 Å². The van der Waals surface area contributed by atoms with E-state index in [0.717, 1.165) is 52.2 Å². The van der Waals surface area contributed by atoms with Crippen LogP contribution in [-0.4, -0.2) is 44.6 Å². The van der Waals surface area contributed by atoms with Crippen molar-refractivity contribution in [3.8, 4) is 0 Å². The first kappa shape index (κ1) is 13.3. The van der Waals surface area contributed by atoms with Crippen LogP contribution in [0.25, 0.3) is 0 Å². The Morgan fingerprint density at radius 3 is 2.76 bits per heavy atom. The highest BCUT2D eigenvalue weighted by atomic mass is 16.5. The van der Waals surface area contributed by atoms with Crippen molar-refractivity contribution in [3.63, 3.8) is 0 Å². The maximum absolute atomic E-state index is 6.34. The summed E-state index contributed by atoms with van der Waals surface area (Å²) < 4.78 is 11.0. The number of nitrogens with one attached hydrogen (secondary N) is 1. The lowest BCUT2D eigenvalue weighted by Gasteiger charge is -2.34. The van der Waals surface area contributed by atoms with E-state index in [0.29, 0.717) is 12.0 Å². The summed E-state index contributed by atoms with van der Waals surface area (Å²) in [6.45, 7) is 6.69. The third kappa shape index (κ3) is 3.65. The molecule has 2 aliphatic rings. The lowest BCUT2D eigenvalue weighted by Crippen LogP contribution is -2.53. The summed E-state index contributed by atoms with van der Waals surface area (Å²) in [4.78, 5) is 0. The van der Waals surface area contributed by atoms with Gasteiger partial charge in [0.2, 0.25) is 0 Å². The first-order chi connectivity index (χ1) is 8.23. The van der Waals surface area contributed by atoms with E-state index in [-0.39, 0.29) is 5.54 Å². The van der Waals surface area contributed by atoms with Crippen molar-refractivity contribution in [1.82, 2.24) is 5.32 Å². The Labute approximate surface area is 104 Å². The summed E-state index contributed by atoms with van der Waals surface area (Å²) >= 11 is 0. The Morgan fingerprint density at radius 2 is 2.06 bits per heavy atom. The van der Waals surface area contributed by atoms with Crippen LogP contribution in [0, 0.1) is 5.92 Å². The van der Waals surface area contributed by atoms with Crippen molar-refractivity contribution >= 4 is 0 Å². The Hall–Kier alpha value is -0.160. The molecule has 2 fully saturated rings. The van der Waals surface area contributed by atoms with Gasteiger partial charge in [0.25, 0.3) is 0 Å². The zero-order chi connectivity index (χ0) is 12.1. The molecule has 2 atom stereocenters. The molecule has 0 aromatic rings. The van der Waals surface area contributed by atoms with Crippen LogP contribution in [0.15, 0.2) is 0 Å². The molecule has 2 aliphatic heterocycles. The first-order valence-electron chi connectivity index (χ1n) is 6.92. The maximum Gasteiger partial charge on any atom is 0.0613 e. The van der Waals surface area contributed by atoms with Crippen molar-refractivity contribution in [2.45, 2.75) is 44.2 Å². The molecular formula is C13H26N2O2. The van der Waals surface area contributed by atoms with Crippen LogP contribution in [0.3, 0.4) is 0 Å². The number of hydrogen-bond acceptors (Lipinski definition) is 4. The van der Waals surface area contributed by atoms with E-state index in [1.165, 1.54) is 6.42 Å². The molecule has 2 rings (SSSR count). The van der Waals surface area contributed by atoms with Crippen molar-refractivity contribution in [1.29, 1.82) is 0 Å².